The summed E-state index contributed by atoms with van der Waals surface area (Å²) >= 11 is 0. The molecule has 1 aromatic rings. The molecule has 1 amide bonds. The van der Waals surface area contributed by atoms with Gasteiger partial charge in [-0.05, 0) is 12.3 Å². The van der Waals surface area contributed by atoms with Gasteiger partial charge >= 0.3 is 5.69 Å². The van der Waals surface area contributed by atoms with E-state index in [1.165, 1.54) is 26.1 Å². The Morgan fingerprint density at radius 3 is 2.76 bits per heavy atom. The standard InChI is InChI=1S/C14H21N3O4/c1-17-7-11(13(20)16-14(17)21)12(19)15-10(8-18)6-9-4-2-3-5-9/h7,9-10,18H,2-6,8H2,1H3,(H,15,19)(H,16,20,21). The average molecular weight is 295 g/mol. The van der Waals surface area contributed by atoms with Gasteiger partial charge in [-0.15, -0.1) is 0 Å². The molecular weight excluding hydrogens is 274 g/mol. The number of carbonyl (C=O) groups excluding carboxylic acids is 1. The van der Waals surface area contributed by atoms with E-state index in [-0.39, 0.29) is 18.2 Å². The molecule has 1 unspecified atom stereocenters. The van der Waals surface area contributed by atoms with Crippen molar-refractivity contribution in [2.75, 3.05) is 6.61 Å². The number of amides is 1. The van der Waals surface area contributed by atoms with E-state index in [2.05, 4.69) is 10.3 Å². The second-order valence-electron chi connectivity index (χ2n) is 5.65. The highest BCUT2D eigenvalue weighted by Gasteiger charge is 2.22. The van der Waals surface area contributed by atoms with Gasteiger partial charge in [0.2, 0.25) is 0 Å². The quantitative estimate of drug-likeness (QED) is 0.696. The fraction of sp³-hybridized carbons (Fsp3) is 0.643. The Labute approximate surface area is 122 Å². The van der Waals surface area contributed by atoms with Crippen molar-refractivity contribution >= 4 is 5.91 Å². The summed E-state index contributed by atoms with van der Waals surface area (Å²) in [6.45, 7) is -0.161. The molecule has 1 atom stereocenters. The highest BCUT2D eigenvalue weighted by molar-refractivity contribution is 5.93. The molecule has 7 heteroatoms. The molecule has 21 heavy (non-hydrogen) atoms. The molecule has 0 spiro atoms. The van der Waals surface area contributed by atoms with E-state index in [1.807, 2.05) is 0 Å². The van der Waals surface area contributed by atoms with Crippen molar-refractivity contribution in [3.8, 4) is 0 Å². The minimum atomic E-state index is -0.715. The Hall–Kier alpha value is -1.89. The zero-order valence-electron chi connectivity index (χ0n) is 12.1. The maximum absolute atomic E-state index is 12.1. The van der Waals surface area contributed by atoms with Crippen LogP contribution in [-0.2, 0) is 7.05 Å². The molecule has 1 aromatic heterocycles. The Bertz CT molecular complexity index is 613. The molecule has 3 N–H and O–H groups in total. The third-order valence-electron chi connectivity index (χ3n) is 4.00. The first-order valence-electron chi connectivity index (χ1n) is 7.23. The van der Waals surface area contributed by atoms with E-state index < -0.39 is 17.2 Å². The van der Waals surface area contributed by atoms with Crippen LogP contribution in [0, 0.1) is 5.92 Å². The van der Waals surface area contributed by atoms with Crippen LogP contribution in [0.15, 0.2) is 15.8 Å². The molecule has 1 heterocycles. The fourth-order valence-corrected chi connectivity index (χ4v) is 2.82. The summed E-state index contributed by atoms with van der Waals surface area (Å²) in [6, 6.07) is -0.364. The van der Waals surface area contributed by atoms with E-state index in [4.69, 9.17) is 0 Å². The van der Waals surface area contributed by atoms with Gasteiger partial charge in [0.15, 0.2) is 0 Å². The SMILES string of the molecule is Cn1cc(C(=O)NC(CO)CC2CCCC2)c(=O)[nH]c1=O. The smallest absolute Gasteiger partial charge is 0.328 e. The summed E-state index contributed by atoms with van der Waals surface area (Å²) in [4.78, 5) is 37.1. The summed E-state index contributed by atoms with van der Waals surface area (Å²) in [5, 5.41) is 12.1. The molecule has 1 aliphatic rings. The molecule has 0 radical (unpaired) electrons. The van der Waals surface area contributed by atoms with Crippen LogP contribution in [0.5, 0.6) is 0 Å². The maximum atomic E-state index is 12.1. The van der Waals surface area contributed by atoms with Crippen LogP contribution in [0.25, 0.3) is 0 Å². The number of nitrogens with zero attached hydrogens (tertiary/aromatic N) is 1. The monoisotopic (exact) mass is 295 g/mol. The summed E-state index contributed by atoms with van der Waals surface area (Å²) in [5.41, 5.74) is -1.41. The highest BCUT2D eigenvalue weighted by atomic mass is 16.3. The molecule has 2 rings (SSSR count). The van der Waals surface area contributed by atoms with Crippen LogP contribution in [0.1, 0.15) is 42.5 Å². The van der Waals surface area contributed by atoms with Crippen molar-refractivity contribution < 1.29 is 9.90 Å². The molecule has 116 valence electrons. The molecule has 1 fully saturated rings. The van der Waals surface area contributed by atoms with Gasteiger partial charge < -0.3 is 15.0 Å². The van der Waals surface area contributed by atoms with Crippen molar-refractivity contribution in [3.05, 3.63) is 32.6 Å². The lowest BCUT2D eigenvalue weighted by molar-refractivity contribution is 0.0903. The van der Waals surface area contributed by atoms with E-state index in [0.29, 0.717) is 12.3 Å². The van der Waals surface area contributed by atoms with Crippen molar-refractivity contribution in [1.29, 1.82) is 0 Å². The van der Waals surface area contributed by atoms with E-state index in [9.17, 15) is 19.5 Å². The number of hydrogen-bond donors (Lipinski definition) is 3. The number of hydrogen-bond acceptors (Lipinski definition) is 4. The first kappa shape index (κ1) is 15.5. The normalized spacial score (nSPS) is 16.9. The van der Waals surface area contributed by atoms with Crippen molar-refractivity contribution in [2.45, 2.75) is 38.1 Å². The van der Waals surface area contributed by atoms with Crippen LogP contribution in [0.2, 0.25) is 0 Å². The van der Waals surface area contributed by atoms with Crippen molar-refractivity contribution in [2.24, 2.45) is 13.0 Å². The van der Waals surface area contributed by atoms with Crippen LogP contribution in [0.3, 0.4) is 0 Å². The Kier molecular flexibility index (Phi) is 4.95. The van der Waals surface area contributed by atoms with Gasteiger partial charge in [-0.3, -0.25) is 14.6 Å². The van der Waals surface area contributed by atoms with Gasteiger partial charge in [-0.1, -0.05) is 25.7 Å². The van der Waals surface area contributed by atoms with E-state index in [0.717, 1.165) is 17.4 Å². The van der Waals surface area contributed by atoms with Gasteiger partial charge in [-0.2, -0.15) is 0 Å². The van der Waals surface area contributed by atoms with E-state index in [1.54, 1.807) is 0 Å². The summed E-state index contributed by atoms with van der Waals surface area (Å²) in [5.74, 6) is -0.0511. The topological polar surface area (TPSA) is 104 Å². The van der Waals surface area contributed by atoms with Crippen LogP contribution in [0.4, 0.5) is 0 Å². The van der Waals surface area contributed by atoms with Gasteiger partial charge in [-0.25, -0.2) is 4.79 Å². The van der Waals surface area contributed by atoms with Gasteiger partial charge in [0.05, 0.1) is 12.6 Å². The number of aliphatic hydroxyl groups excluding tert-OH is 1. The predicted molar refractivity (Wildman–Crippen MR) is 77.2 cm³/mol. The highest BCUT2D eigenvalue weighted by Crippen LogP contribution is 2.28. The summed E-state index contributed by atoms with van der Waals surface area (Å²) < 4.78 is 1.14. The maximum Gasteiger partial charge on any atom is 0.328 e. The molecule has 0 aromatic carbocycles. The largest absolute Gasteiger partial charge is 0.394 e. The van der Waals surface area contributed by atoms with Crippen LogP contribution in [-0.4, -0.2) is 33.2 Å². The van der Waals surface area contributed by atoms with Crippen LogP contribution >= 0.6 is 0 Å². The second kappa shape index (κ2) is 6.71. The number of aliphatic hydroxyl groups is 1. The fourth-order valence-electron chi connectivity index (χ4n) is 2.82. The zero-order chi connectivity index (χ0) is 15.4. The third-order valence-corrected chi connectivity index (χ3v) is 4.00. The Balaban J connectivity index is 2.06. The minimum absolute atomic E-state index is 0.123. The lowest BCUT2D eigenvalue weighted by atomic mass is 9.98. The number of nitrogens with one attached hydrogen (secondary N) is 2. The van der Waals surface area contributed by atoms with Gasteiger partial charge in [0, 0.05) is 13.2 Å². The number of H-pyrrole nitrogens is 1. The molecule has 0 saturated heterocycles. The number of aromatic amines is 1. The van der Waals surface area contributed by atoms with Gasteiger partial charge in [0.25, 0.3) is 11.5 Å². The van der Waals surface area contributed by atoms with Crippen LogP contribution < -0.4 is 16.6 Å². The molecule has 7 nitrogen and oxygen atoms in total. The number of rotatable bonds is 5. The molecule has 1 saturated carbocycles. The molecular formula is C14H21N3O4. The summed E-state index contributed by atoms with van der Waals surface area (Å²) in [6.07, 6.45) is 6.54. The van der Waals surface area contributed by atoms with Crippen molar-refractivity contribution in [1.82, 2.24) is 14.9 Å². The summed E-state index contributed by atoms with van der Waals surface area (Å²) in [7, 11) is 1.46. The average Bonchev–Trinajstić information content (AvgIpc) is 2.94. The van der Waals surface area contributed by atoms with Gasteiger partial charge in [0.1, 0.15) is 5.56 Å². The van der Waals surface area contributed by atoms with E-state index >= 15 is 0 Å². The lowest BCUT2D eigenvalue weighted by Crippen LogP contribution is -2.42. The molecule has 0 aliphatic heterocycles. The third kappa shape index (κ3) is 3.81. The first-order valence-corrected chi connectivity index (χ1v) is 7.23. The molecule has 0 bridgehead atoms. The number of aromatic nitrogens is 2. The second-order valence-corrected chi connectivity index (χ2v) is 5.65. The zero-order valence-corrected chi connectivity index (χ0v) is 12.1. The minimum Gasteiger partial charge on any atom is -0.394 e. The Morgan fingerprint density at radius 1 is 1.48 bits per heavy atom. The first-order chi connectivity index (χ1) is 10.0. The number of aryl methyl sites for hydroxylation is 1. The Morgan fingerprint density at radius 2 is 2.14 bits per heavy atom. The van der Waals surface area contributed by atoms with Crippen molar-refractivity contribution in [3.63, 3.8) is 0 Å². The molecule has 1 aliphatic carbocycles. The number of carbonyl (C=O) groups is 1. The predicted octanol–water partition coefficient (Wildman–Crippen LogP) is -0.255. The lowest BCUT2D eigenvalue weighted by Gasteiger charge is -2.19.